The van der Waals surface area contributed by atoms with Crippen LogP contribution in [0.4, 0.5) is 5.69 Å². The molecule has 0 spiro atoms. The van der Waals surface area contributed by atoms with Crippen molar-refractivity contribution in [3.05, 3.63) is 51.2 Å². The van der Waals surface area contributed by atoms with E-state index in [1.54, 1.807) is 26.0 Å². The van der Waals surface area contributed by atoms with Crippen LogP contribution in [0.3, 0.4) is 0 Å². The molecule has 30 heavy (non-hydrogen) atoms. The molecule has 1 aliphatic rings. The topological polar surface area (TPSA) is 103 Å². The molecule has 0 saturated heterocycles. The molecular formula is C21H23N5O3S. The number of nitrogens with one attached hydrogen (secondary N) is 2. The molecule has 0 radical (unpaired) electrons. The summed E-state index contributed by atoms with van der Waals surface area (Å²) in [4.78, 5) is 37.7. The van der Waals surface area contributed by atoms with Crippen molar-refractivity contribution in [1.29, 1.82) is 0 Å². The average molecular weight is 426 g/mol. The maximum absolute atomic E-state index is 13.0. The zero-order valence-electron chi connectivity index (χ0n) is 17.4. The maximum atomic E-state index is 13.0. The van der Waals surface area contributed by atoms with Gasteiger partial charge < -0.3 is 5.32 Å². The highest BCUT2D eigenvalue weighted by molar-refractivity contribution is 7.15. The van der Waals surface area contributed by atoms with Gasteiger partial charge in [0.25, 0.3) is 17.7 Å². The number of carbonyl (C=O) groups is 3. The van der Waals surface area contributed by atoms with Crippen LogP contribution in [-0.2, 0) is 4.79 Å². The summed E-state index contributed by atoms with van der Waals surface area (Å²) < 4.78 is 0. The third-order valence-electron chi connectivity index (χ3n) is 4.90. The summed E-state index contributed by atoms with van der Waals surface area (Å²) in [5, 5.41) is 12.4. The van der Waals surface area contributed by atoms with Crippen molar-refractivity contribution >= 4 is 46.2 Å². The third-order valence-corrected chi connectivity index (χ3v) is 5.98. The Balaban J connectivity index is 1.73. The normalized spacial score (nSPS) is 16.5. The third kappa shape index (κ3) is 4.16. The molecule has 1 unspecified atom stereocenters. The highest BCUT2D eigenvalue weighted by Gasteiger charge is 2.36. The van der Waals surface area contributed by atoms with Crippen LogP contribution in [0.2, 0.25) is 0 Å². The Morgan fingerprint density at radius 1 is 1.07 bits per heavy atom. The Kier molecular flexibility index (Phi) is 6.12. The lowest BCUT2D eigenvalue weighted by atomic mass is 9.99. The molecule has 2 heterocycles. The van der Waals surface area contributed by atoms with Crippen molar-refractivity contribution < 1.29 is 14.4 Å². The van der Waals surface area contributed by atoms with Gasteiger partial charge in [0.15, 0.2) is 0 Å². The monoisotopic (exact) mass is 425 g/mol. The largest absolute Gasteiger partial charge is 0.354 e. The van der Waals surface area contributed by atoms with Crippen LogP contribution in [0, 0.1) is 19.8 Å². The first-order valence-corrected chi connectivity index (χ1v) is 10.2. The van der Waals surface area contributed by atoms with Gasteiger partial charge in [-0.15, -0.1) is 11.3 Å². The lowest BCUT2D eigenvalue weighted by molar-refractivity contribution is -0.118. The van der Waals surface area contributed by atoms with E-state index < -0.39 is 11.8 Å². The van der Waals surface area contributed by atoms with E-state index in [0.29, 0.717) is 26.9 Å². The van der Waals surface area contributed by atoms with Crippen LogP contribution in [0.1, 0.15) is 44.3 Å². The second-order valence-corrected chi connectivity index (χ2v) is 8.11. The molecule has 2 aromatic rings. The number of anilines is 1. The Labute approximate surface area is 178 Å². The molecule has 0 saturated carbocycles. The van der Waals surface area contributed by atoms with E-state index in [-0.39, 0.29) is 11.8 Å². The lowest BCUT2D eigenvalue weighted by Gasteiger charge is -2.15. The van der Waals surface area contributed by atoms with E-state index in [4.69, 9.17) is 0 Å². The van der Waals surface area contributed by atoms with Gasteiger partial charge >= 0.3 is 0 Å². The molecule has 0 fully saturated rings. The number of carbonyl (C=O) groups excluding carboxylic acids is 3. The minimum absolute atomic E-state index is 0.218. The van der Waals surface area contributed by atoms with Gasteiger partial charge in [-0.3, -0.25) is 14.4 Å². The minimum Gasteiger partial charge on any atom is -0.354 e. The number of rotatable bonds is 5. The van der Waals surface area contributed by atoms with Crippen LogP contribution >= 0.6 is 11.3 Å². The first-order valence-electron chi connectivity index (χ1n) is 9.35. The zero-order chi connectivity index (χ0) is 22.0. The molecule has 2 N–H and O–H groups in total. The number of amides is 3. The van der Waals surface area contributed by atoms with E-state index in [2.05, 4.69) is 20.9 Å². The van der Waals surface area contributed by atoms with Gasteiger partial charge in [-0.05, 0) is 63.1 Å². The summed E-state index contributed by atoms with van der Waals surface area (Å²) in [7, 11) is 1.53. The van der Waals surface area contributed by atoms with E-state index in [9.17, 15) is 14.4 Å². The summed E-state index contributed by atoms with van der Waals surface area (Å²) in [5.41, 5.74) is 6.40. The molecule has 3 rings (SSSR count). The van der Waals surface area contributed by atoms with Crippen LogP contribution in [0.5, 0.6) is 0 Å². The predicted molar refractivity (Wildman–Crippen MR) is 118 cm³/mol. The molecule has 1 atom stereocenters. The molecular weight excluding hydrogens is 402 g/mol. The standard InChI is InChI=1S/C21H23N5O3S/c1-11-6-7-15(10-12(11)2)26-21(29)18(14(4)25-26)13(3)23-24-20(28)17-9-8-16(30-17)19(27)22-5/h6-10,18H,1-5H3,(H,22,27)(H,24,28)/b23-13+. The zero-order valence-corrected chi connectivity index (χ0v) is 18.3. The van der Waals surface area contributed by atoms with Crippen molar-refractivity contribution in [3.63, 3.8) is 0 Å². The van der Waals surface area contributed by atoms with Gasteiger partial charge in [-0.2, -0.15) is 15.2 Å². The summed E-state index contributed by atoms with van der Waals surface area (Å²) in [6.07, 6.45) is 0. The number of hydrogen-bond acceptors (Lipinski definition) is 6. The fourth-order valence-corrected chi connectivity index (χ4v) is 3.89. The molecule has 1 aromatic heterocycles. The number of thiophene rings is 1. The summed E-state index contributed by atoms with van der Waals surface area (Å²) in [6, 6.07) is 8.86. The number of benzene rings is 1. The summed E-state index contributed by atoms with van der Waals surface area (Å²) in [5.74, 6) is -1.56. The Morgan fingerprint density at radius 2 is 1.73 bits per heavy atom. The molecule has 3 amide bonds. The Morgan fingerprint density at radius 3 is 2.37 bits per heavy atom. The number of hydrogen-bond donors (Lipinski definition) is 2. The lowest BCUT2D eigenvalue weighted by Crippen LogP contribution is -2.33. The Bertz CT molecular complexity index is 1090. The van der Waals surface area contributed by atoms with Gasteiger partial charge in [0.05, 0.1) is 26.9 Å². The van der Waals surface area contributed by atoms with Crippen molar-refractivity contribution in [2.75, 3.05) is 12.1 Å². The smallest absolute Gasteiger partial charge is 0.281 e. The molecule has 1 aliphatic heterocycles. The van der Waals surface area contributed by atoms with E-state index in [1.165, 1.54) is 12.1 Å². The van der Waals surface area contributed by atoms with E-state index in [0.717, 1.165) is 22.5 Å². The van der Waals surface area contributed by atoms with Crippen molar-refractivity contribution in [3.8, 4) is 0 Å². The van der Waals surface area contributed by atoms with Crippen molar-refractivity contribution in [2.24, 2.45) is 16.1 Å². The van der Waals surface area contributed by atoms with Crippen LogP contribution in [0.15, 0.2) is 40.5 Å². The predicted octanol–water partition coefficient (Wildman–Crippen LogP) is 2.87. The van der Waals surface area contributed by atoms with Crippen LogP contribution < -0.4 is 15.8 Å². The first kappa shape index (κ1) is 21.4. The minimum atomic E-state index is -0.642. The van der Waals surface area contributed by atoms with E-state index in [1.807, 2.05) is 32.0 Å². The number of hydrazone groups is 2. The van der Waals surface area contributed by atoms with Gasteiger partial charge in [-0.1, -0.05) is 6.07 Å². The average Bonchev–Trinajstić information content (AvgIpc) is 3.32. The van der Waals surface area contributed by atoms with Crippen molar-refractivity contribution in [1.82, 2.24) is 10.7 Å². The number of aryl methyl sites for hydroxylation is 2. The summed E-state index contributed by atoms with van der Waals surface area (Å²) >= 11 is 1.07. The Hall–Kier alpha value is -3.33. The molecule has 8 nitrogen and oxygen atoms in total. The molecule has 156 valence electrons. The second kappa shape index (κ2) is 8.58. The van der Waals surface area contributed by atoms with Crippen molar-refractivity contribution in [2.45, 2.75) is 27.7 Å². The van der Waals surface area contributed by atoms with Gasteiger partial charge in [0.1, 0.15) is 5.92 Å². The quantitative estimate of drug-likeness (QED) is 0.569. The van der Waals surface area contributed by atoms with E-state index >= 15 is 0 Å². The fraction of sp³-hybridized carbons (Fsp3) is 0.286. The molecule has 9 heteroatoms. The van der Waals surface area contributed by atoms with Gasteiger partial charge in [0.2, 0.25) is 0 Å². The maximum Gasteiger partial charge on any atom is 0.281 e. The molecule has 1 aromatic carbocycles. The van der Waals surface area contributed by atoms with Crippen LogP contribution in [-0.4, -0.2) is 36.2 Å². The van der Waals surface area contributed by atoms with Crippen LogP contribution in [0.25, 0.3) is 0 Å². The fourth-order valence-electron chi connectivity index (χ4n) is 3.05. The highest BCUT2D eigenvalue weighted by Crippen LogP contribution is 2.26. The summed E-state index contributed by atoms with van der Waals surface area (Å²) in [6.45, 7) is 7.43. The second-order valence-electron chi connectivity index (χ2n) is 7.03. The van der Waals surface area contributed by atoms with Gasteiger partial charge in [0, 0.05) is 7.05 Å². The molecule has 0 aliphatic carbocycles. The number of nitrogens with zero attached hydrogens (tertiary/aromatic N) is 3. The van der Waals surface area contributed by atoms with Gasteiger partial charge in [-0.25, -0.2) is 5.43 Å². The first-order chi connectivity index (χ1) is 14.2. The SMILES string of the molecule is CNC(=O)c1ccc(C(=O)N/N=C(\C)C2C(=O)N(c3ccc(C)c(C)c3)N=C2C)s1. The highest BCUT2D eigenvalue weighted by atomic mass is 32.1. The molecule has 0 bridgehead atoms.